The Labute approximate surface area is 76.2 Å². The largest absolute Gasteiger partial charge is 0.444 e. The van der Waals surface area contributed by atoms with Crippen molar-refractivity contribution in [3.63, 3.8) is 0 Å². The van der Waals surface area contributed by atoms with E-state index in [1.54, 1.807) is 0 Å². The van der Waals surface area contributed by atoms with Crippen LogP contribution >= 0.6 is 24.0 Å². The van der Waals surface area contributed by atoms with E-state index >= 15 is 0 Å². The molecule has 2 heterocycles. The molecule has 1 aromatic heterocycles. The highest BCUT2D eigenvalue weighted by atomic mass is 127. The zero-order valence-electron chi connectivity index (χ0n) is 5.68. The molecule has 0 spiro atoms. The van der Waals surface area contributed by atoms with Gasteiger partial charge in [-0.25, -0.2) is 4.98 Å². The van der Waals surface area contributed by atoms with Gasteiger partial charge in [0.25, 0.3) is 0 Å². The van der Waals surface area contributed by atoms with Gasteiger partial charge in [-0.05, 0) is 0 Å². The Kier molecular flexibility index (Phi) is 2.30. The zero-order chi connectivity index (χ0) is 6.27. The average molecular weight is 252 g/mol. The molecule has 1 aliphatic heterocycles. The van der Waals surface area contributed by atoms with E-state index in [2.05, 4.69) is 10.3 Å². The van der Waals surface area contributed by atoms with Gasteiger partial charge in [-0.15, -0.1) is 24.0 Å². The molecule has 10 heavy (non-hydrogen) atoms. The Morgan fingerprint density at radius 3 is 3.00 bits per heavy atom. The summed E-state index contributed by atoms with van der Waals surface area (Å²) < 4.78 is 5.25. The molecule has 1 aliphatic rings. The van der Waals surface area contributed by atoms with Crippen molar-refractivity contribution in [3.8, 4) is 0 Å². The lowest BCUT2D eigenvalue weighted by Crippen LogP contribution is -2.01. The van der Waals surface area contributed by atoms with Crippen molar-refractivity contribution in [2.75, 3.05) is 0 Å². The normalized spacial score (nSPS) is 14.5. The summed E-state index contributed by atoms with van der Waals surface area (Å²) in [5, 5.41) is 3.14. The first-order valence-electron chi connectivity index (χ1n) is 3.02. The molecular weight excluding hydrogens is 243 g/mol. The molecule has 1 N–H and O–H groups in total. The Bertz CT molecular complexity index is 212. The number of rotatable bonds is 0. The molecule has 0 aliphatic carbocycles. The topological polar surface area (TPSA) is 38.1 Å². The fourth-order valence-corrected chi connectivity index (χ4v) is 1.08. The molecule has 4 heteroatoms. The maximum Gasteiger partial charge on any atom is 0.191 e. The van der Waals surface area contributed by atoms with E-state index in [1.807, 2.05) is 6.92 Å². The second-order valence-electron chi connectivity index (χ2n) is 2.21. The van der Waals surface area contributed by atoms with Crippen molar-refractivity contribution in [2.45, 2.75) is 20.0 Å². The zero-order valence-corrected chi connectivity index (χ0v) is 8.01. The first-order chi connectivity index (χ1) is 4.36. The number of fused-ring (bicyclic) bond motifs is 1. The molecule has 0 saturated carbocycles. The van der Waals surface area contributed by atoms with Crippen molar-refractivity contribution < 1.29 is 4.42 Å². The summed E-state index contributed by atoms with van der Waals surface area (Å²) in [7, 11) is 0. The van der Waals surface area contributed by atoms with E-state index in [4.69, 9.17) is 4.42 Å². The van der Waals surface area contributed by atoms with Gasteiger partial charge >= 0.3 is 0 Å². The summed E-state index contributed by atoms with van der Waals surface area (Å²) in [6.07, 6.45) is 0. The third-order valence-electron chi connectivity index (χ3n) is 1.46. The van der Waals surface area contributed by atoms with Gasteiger partial charge in [-0.2, -0.15) is 0 Å². The first kappa shape index (κ1) is 8.00. The fourth-order valence-electron chi connectivity index (χ4n) is 1.08. The third kappa shape index (κ3) is 1.17. The Morgan fingerprint density at radius 2 is 2.30 bits per heavy atom. The van der Waals surface area contributed by atoms with Gasteiger partial charge in [0.1, 0.15) is 5.76 Å². The minimum Gasteiger partial charge on any atom is -0.444 e. The molecule has 2 rings (SSSR count). The monoisotopic (exact) mass is 252 g/mol. The lowest BCUT2D eigenvalue weighted by Gasteiger charge is -1.84. The molecule has 0 atom stereocenters. The van der Waals surface area contributed by atoms with Crippen LogP contribution in [-0.4, -0.2) is 4.98 Å². The summed E-state index contributed by atoms with van der Waals surface area (Å²) in [5.41, 5.74) is 1.08. The Balaban J connectivity index is 0.000000500. The molecule has 1 aromatic rings. The number of oxazole rings is 1. The lowest BCUT2D eigenvalue weighted by atomic mass is 10.4. The van der Waals surface area contributed by atoms with Crippen LogP contribution in [0.25, 0.3) is 0 Å². The van der Waals surface area contributed by atoms with Gasteiger partial charge in [0.15, 0.2) is 5.89 Å². The van der Waals surface area contributed by atoms with Crippen molar-refractivity contribution >= 4 is 24.0 Å². The summed E-state index contributed by atoms with van der Waals surface area (Å²) in [6, 6.07) is 0. The van der Waals surface area contributed by atoms with Crippen LogP contribution < -0.4 is 5.32 Å². The number of aromatic nitrogens is 1. The SMILES string of the molecule is Cc1nc2c(o1)CNC2.I. The molecule has 56 valence electrons. The highest BCUT2D eigenvalue weighted by Gasteiger charge is 2.15. The van der Waals surface area contributed by atoms with Crippen molar-refractivity contribution in [1.82, 2.24) is 10.3 Å². The van der Waals surface area contributed by atoms with Crippen LogP contribution in [0.1, 0.15) is 17.3 Å². The van der Waals surface area contributed by atoms with Crippen molar-refractivity contribution in [2.24, 2.45) is 0 Å². The molecular formula is C6H9IN2O. The molecule has 0 saturated heterocycles. The highest BCUT2D eigenvalue weighted by molar-refractivity contribution is 14.0. The van der Waals surface area contributed by atoms with Crippen LogP contribution in [0, 0.1) is 6.92 Å². The van der Waals surface area contributed by atoms with E-state index in [1.165, 1.54) is 0 Å². The van der Waals surface area contributed by atoms with Gasteiger partial charge in [0.2, 0.25) is 0 Å². The molecule has 0 fully saturated rings. The van der Waals surface area contributed by atoms with Crippen LogP contribution in [0.5, 0.6) is 0 Å². The summed E-state index contributed by atoms with van der Waals surface area (Å²) in [5.74, 6) is 1.79. The molecule has 3 nitrogen and oxygen atoms in total. The van der Waals surface area contributed by atoms with Crippen LogP contribution in [0.3, 0.4) is 0 Å². The van der Waals surface area contributed by atoms with Gasteiger partial charge in [-0.1, -0.05) is 0 Å². The van der Waals surface area contributed by atoms with E-state index in [9.17, 15) is 0 Å². The van der Waals surface area contributed by atoms with Crippen LogP contribution in [0.15, 0.2) is 4.42 Å². The van der Waals surface area contributed by atoms with Crippen molar-refractivity contribution in [1.29, 1.82) is 0 Å². The highest BCUT2D eigenvalue weighted by Crippen LogP contribution is 2.14. The molecule has 0 amide bonds. The summed E-state index contributed by atoms with van der Waals surface area (Å²) >= 11 is 0. The number of nitrogens with one attached hydrogen (secondary N) is 1. The number of aryl methyl sites for hydroxylation is 1. The van der Waals surface area contributed by atoms with E-state index in [0.717, 1.165) is 30.4 Å². The van der Waals surface area contributed by atoms with Gasteiger partial charge in [-0.3, -0.25) is 0 Å². The Hall–Kier alpha value is -0.100. The summed E-state index contributed by atoms with van der Waals surface area (Å²) in [6.45, 7) is 3.58. The maximum absolute atomic E-state index is 5.25. The second-order valence-corrected chi connectivity index (χ2v) is 2.21. The number of hydrogen-bond donors (Lipinski definition) is 1. The smallest absolute Gasteiger partial charge is 0.191 e. The first-order valence-corrected chi connectivity index (χ1v) is 3.02. The van der Waals surface area contributed by atoms with Crippen LogP contribution in [-0.2, 0) is 13.1 Å². The minimum atomic E-state index is 0. The van der Waals surface area contributed by atoms with Crippen LogP contribution in [0.2, 0.25) is 0 Å². The van der Waals surface area contributed by atoms with Crippen molar-refractivity contribution in [3.05, 3.63) is 17.3 Å². The predicted molar refractivity (Wildman–Crippen MR) is 47.2 cm³/mol. The summed E-state index contributed by atoms with van der Waals surface area (Å²) in [4.78, 5) is 4.16. The Morgan fingerprint density at radius 1 is 1.50 bits per heavy atom. The molecule has 0 unspecified atom stereocenters. The number of hydrogen-bond acceptors (Lipinski definition) is 3. The number of nitrogens with zero attached hydrogens (tertiary/aromatic N) is 1. The van der Waals surface area contributed by atoms with Gasteiger partial charge < -0.3 is 9.73 Å². The van der Waals surface area contributed by atoms with E-state index in [0.29, 0.717) is 0 Å². The van der Waals surface area contributed by atoms with E-state index < -0.39 is 0 Å². The van der Waals surface area contributed by atoms with Crippen LogP contribution in [0.4, 0.5) is 0 Å². The lowest BCUT2D eigenvalue weighted by molar-refractivity contribution is 0.469. The standard InChI is InChI=1S/C6H8N2O.HI/c1-4-8-5-2-7-3-6(5)9-4;/h7H,2-3H2,1H3;1H. The fraction of sp³-hybridized carbons (Fsp3) is 0.500. The number of halogens is 1. The van der Waals surface area contributed by atoms with Gasteiger partial charge in [0, 0.05) is 13.5 Å². The molecule has 0 bridgehead atoms. The quantitative estimate of drug-likeness (QED) is 0.705. The van der Waals surface area contributed by atoms with Gasteiger partial charge in [0.05, 0.1) is 12.2 Å². The average Bonchev–Trinajstić information content (AvgIpc) is 2.22. The molecule has 0 radical (unpaired) electrons. The van der Waals surface area contributed by atoms with E-state index in [-0.39, 0.29) is 24.0 Å². The predicted octanol–water partition coefficient (Wildman–Crippen LogP) is 1.20. The molecule has 0 aromatic carbocycles. The maximum atomic E-state index is 5.25. The third-order valence-corrected chi connectivity index (χ3v) is 1.46. The second kappa shape index (κ2) is 2.87. The minimum absolute atomic E-state index is 0.